The van der Waals surface area contributed by atoms with Crippen molar-refractivity contribution in [2.75, 3.05) is 18.4 Å². The molecule has 0 saturated carbocycles. The number of aliphatic hydroxyl groups is 3. The highest BCUT2D eigenvalue weighted by atomic mass is 16.5. The van der Waals surface area contributed by atoms with Gasteiger partial charge in [0.1, 0.15) is 18.3 Å². The number of amides is 4. The first-order valence-electron chi connectivity index (χ1n) is 12.2. The van der Waals surface area contributed by atoms with Gasteiger partial charge in [-0.1, -0.05) is 0 Å². The Morgan fingerprint density at radius 1 is 0.974 bits per heavy atom. The van der Waals surface area contributed by atoms with Gasteiger partial charge in [-0.25, -0.2) is 4.79 Å². The van der Waals surface area contributed by atoms with Gasteiger partial charge >= 0.3 is 5.97 Å². The first kappa shape index (κ1) is 31.2. The highest BCUT2D eigenvalue weighted by Crippen LogP contribution is 2.23. The lowest BCUT2D eigenvalue weighted by atomic mass is 9.93. The Morgan fingerprint density at radius 2 is 1.64 bits per heavy atom. The molecule has 1 heterocycles. The first-order chi connectivity index (χ1) is 18.4. The second-order valence-electron chi connectivity index (χ2n) is 8.97. The van der Waals surface area contributed by atoms with Crippen molar-refractivity contribution in [3.8, 4) is 0 Å². The average molecular weight is 551 g/mol. The van der Waals surface area contributed by atoms with Crippen molar-refractivity contribution >= 4 is 35.3 Å². The molecule has 1 aliphatic rings. The largest absolute Gasteiger partial charge is 0.478 e. The molecule has 0 aliphatic carbocycles. The Hall–Kier alpha value is -4.01. The topological polar surface area (TPSA) is 224 Å². The molecule has 0 radical (unpaired) electrons. The van der Waals surface area contributed by atoms with Crippen LogP contribution in [0.2, 0.25) is 0 Å². The van der Waals surface area contributed by atoms with Crippen LogP contribution in [-0.4, -0.2) is 93.6 Å². The molecule has 2 rings (SSSR count). The zero-order valence-electron chi connectivity index (χ0n) is 21.5. The van der Waals surface area contributed by atoms with Crippen molar-refractivity contribution in [3.05, 3.63) is 41.7 Å². The molecule has 0 bridgehead atoms. The zero-order valence-corrected chi connectivity index (χ0v) is 21.5. The number of unbranched alkanes of at least 4 members (excludes halogenated alkanes) is 1. The second kappa shape index (κ2) is 14.8. The minimum Gasteiger partial charge on any atom is -0.478 e. The van der Waals surface area contributed by atoms with Crippen LogP contribution in [0.4, 0.5) is 5.69 Å². The monoisotopic (exact) mass is 550 g/mol. The molecular formula is C25H34N4O10. The van der Waals surface area contributed by atoms with E-state index in [0.717, 1.165) is 13.0 Å². The highest BCUT2D eigenvalue weighted by molar-refractivity contribution is 5.95. The van der Waals surface area contributed by atoms with Crippen molar-refractivity contribution in [2.24, 2.45) is 0 Å². The Balaban J connectivity index is 1.74. The summed E-state index contributed by atoms with van der Waals surface area (Å²) in [4.78, 5) is 58.1. The lowest BCUT2D eigenvalue weighted by Crippen LogP contribution is -2.60. The second-order valence-corrected chi connectivity index (χ2v) is 8.97. The molecule has 0 aromatic heterocycles. The number of ether oxygens (including phenoxy) is 1. The molecule has 4 amide bonds. The molecule has 1 aliphatic heterocycles. The summed E-state index contributed by atoms with van der Waals surface area (Å²) in [5.74, 6) is -3.70. The number of anilines is 1. The molecule has 0 fully saturated rings. The summed E-state index contributed by atoms with van der Waals surface area (Å²) in [6.45, 7) is 2.44. The van der Waals surface area contributed by atoms with Gasteiger partial charge in [0.05, 0.1) is 6.04 Å². The number of rotatable bonds is 13. The molecule has 1 aromatic carbocycles. The third kappa shape index (κ3) is 10.00. The van der Waals surface area contributed by atoms with Gasteiger partial charge in [-0.3, -0.25) is 19.2 Å². The summed E-state index contributed by atoms with van der Waals surface area (Å²) in [7, 11) is 0. The molecule has 5 atom stereocenters. The quantitative estimate of drug-likeness (QED) is 0.134. The number of carboxylic acid groups (broad SMARTS) is 1. The van der Waals surface area contributed by atoms with Gasteiger partial charge < -0.3 is 46.4 Å². The third-order valence-electron chi connectivity index (χ3n) is 5.71. The number of carboxylic acids is 1. The predicted molar refractivity (Wildman–Crippen MR) is 136 cm³/mol. The fraction of sp³-hybridized carbons (Fsp3) is 0.480. The molecule has 39 heavy (non-hydrogen) atoms. The molecule has 0 unspecified atom stereocenters. The first-order valence-corrected chi connectivity index (χ1v) is 12.2. The van der Waals surface area contributed by atoms with Crippen LogP contribution < -0.4 is 21.3 Å². The predicted octanol–water partition coefficient (Wildman–Crippen LogP) is -1.38. The summed E-state index contributed by atoms with van der Waals surface area (Å²) >= 11 is 0. The zero-order chi connectivity index (χ0) is 29.1. The van der Waals surface area contributed by atoms with Crippen LogP contribution in [0.5, 0.6) is 0 Å². The normalized spacial score (nSPS) is 19.9. The molecule has 8 N–H and O–H groups in total. The third-order valence-corrected chi connectivity index (χ3v) is 5.71. The SMILES string of the molecule is CC(=O)Nc1ccc(C(=O)NCCCCC(=O)NC[C@@H](O)[C@@H](O)[C@@H]2OC(C(=O)O)=C[C@H](O)[C@H]2NC(C)=O)cc1. The van der Waals surface area contributed by atoms with Crippen LogP contribution in [0.3, 0.4) is 0 Å². The van der Waals surface area contributed by atoms with Crippen LogP contribution in [0.1, 0.15) is 43.5 Å². The van der Waals surface area contributed by atoms with Gasteiger partial charge in [-0.15, -0.1) is 0 Å². The summed E-state index contributed by atoms with van der Waals surface area (Å²) in [5.41, 5.74) is 0.983. The van der Waals surface area contributed by atoms with E-state index in [4.69, 9.17) is 9.84 Å². The van der Waals surface area contributed by atoms with Crippen molar-refractivity contribution in [3.63, 3.8) is 0 Å². The molecule has 0 saturated heterocycles. The van der Waals surface area contributed by atoms with Crippen molar-refractivity contribution in [2.45, 2.75) is 63.6 Å². The van der Waals surface area contributed by atoms with Crippen molar-refractivity contribution in [1.82, 2.24) is 16.0 Å². The average Bonchev–Trinajstić information content (AvgIpc) is 2.87. The number of aliphatic hydroxyl groups excluding tert-OH is 3. The van der Waals surface area contributed by atoms with Gasteiger partial charge in [0, 0.05) is 44.6 Å². The number of hydrogen-bond acceptors (Lipinski definition) is 9. The van der Waals surface area contributed by atoms with E-state index >= 15 is 0 Å². The maximum Gasteiger partial charge on any atom is 0.370 e. The minimum atomic E-state index is -1.76. The maximum atomic E-state index is 12.2. The molecule has 14 heteroatoms. The Labute approximate surface area is 224 Å². The van der Waals surface area contributed by atoms with Crippen molar-refractivity contribution in [1.29, 1.82) is 0 Å². The molecule has 1 aromatic rings. The Morgan fingerprint density at radius 3 is 2.23 bits per heavy atom. The number of aliphatic carboxylic acids is 1. The summed E-state index contributed by atoms with van der Waals surface area (Å²) in [5, 5.41) is 50.4. The van der Waals surface area contributed by atoms with E-state index in [1.807, 2.05) is 0 Å². The fourth-order valence-corrected chi connectivity index (χ4v) is 3.79. The van der Waals surface area contributed by atoms with Crippen LogP contribution in [-0.2, 0) is 23.9 Å². The minimum absolute atomic E-state index is 0.0726. The van der Waals surface area contributed by atoms with E-state index in [0.29, 0.717) is 30.6 Å². The van der Waals surface area contributed by atoms with E-state index in [2.05, 4.69) is 21.3 Å². The van der Waals surface area contributed by atoms with Crippen LogP contribution in [0.15, 0.2) is 36.1 Å². The van der Waals surface area contributed by atoms with Crippen LogP contribution in [0, 0.1) is 0 Å². The highest BCUT2D eigenvalue weighted by Gasteiger charge is 2.43. The summed E-state index contributed by atoms with van der Waals surface area (Å²) < 4.78 is 5.20. The molecule has 14 nitrogen and oxygen atoms in total. The number of carbonyl (C=O) groups is 5. The summed E-state index contributed by atoms with van der Waals surface area (Å²) in [6.07, 6.45) is -4.52. The van der Waals surface area contributed by atoms with Gasteiger partial charge in [0.15, 0.2) is 6.10 Å². The van der Waals surface area contributed by atoms with Crippen LogP contribution in [0.25, 0.3) is 0 Å². The van der Waals surface area contributed by atoms with E-state index in [-0.39, 0.29) is 18.2 Å². The Bertz CT molecular complexity index is 1080. The molecular weight excluding hydrogens is 516 g/mol. The van der Waals surface area contributed by atoms with Crippen LogP contribution >= 0.6 is 0 Å². The molecule has 214 valence electrons. The smallest absolute Gasteiger partial charge is 0.370 e. The Kier molecular flexibility index (Phi) is 11.8. The van der Waals surface area contributed by atoms with Crippen molar-refractivity contribution < 1.29 is 49.1 Å². The molecule has 0 spiro atoms. The fourth-order valence-electron chi connectivity index (χ4n) is 3.79. The van der Waals surface area contributed by atoms with Gasteiger partial charge in [-0.2, -0.15) is 0 Å². The van der Waals surface area contributed by atoms with Gasteiger partial charge in [0.25, 0.3) is 5.91 Å². The van der Waals surface area contributed by atoms with E-state index < -0.39 is 60.5 Å². The number of carbonyl (C=O) groups excluding carboxylic acids is 4. The van der Waals surface area contributed by atoms with Gasteiger partial charge in [-0.05, 0) is 43.2 Å². The number of hydrogen-bond donors (Lipinski definition) is 8. The standard InChI is InChI=1S/C25H34N4O10/c1-13(30)28-16-8-6-15(7-9-16)24(36)26-10-4-3-5-20(34)27-12-18(33)22(35)23-21(29-14(2)31)17(32)11-19(39-23)25(37)38/h6-9,11,17-18,21-23,32-33,35H,3-5,10,12H2,1-2H3,(H,26,36)(H,27,34)(H,28,30)(H,29,31)(H,37,38)/t17-,18+,21+,22+,23+/m0/s1. The van der Waals surface area contributed by atoms with E-state index in [1.54, 1.807) is 24.3 Å². The lowest BCUT2D eigenvalue weighted by Gasteiger charge is -2.38. The van der Waals surface area contributed by atoms with E-state index in [9.17, 15) is 39.3 Å². The number of benzene rings is 1. The van der Waals surface area contributed by atoms with Gasteiger partial charge in [0.2, 0.25) is 23.5 Å². The van der Waals surface area contributed by atoms with E-state index in [1.165, 1.54) is 6.92 Å². The summed E-state index contributed by atoms with van der Waals surface area (Å²) in [6, 6.07) is 5.12. The lowest BCUT2D eigenvalue weighted by molar-refractivity contribution is -0.147. The maximum absolute atomic E-state index is 12.2. The number of nitrogens with one attached hydrogen (secondary N) is 4.